The lowest BCUT2D eigenvalue weighted by molar-refractivity contribution is 0.177. The topological polar surface area (TPSA) is 69.6 Å². The molecule has 21 heavy (non-hydrogen) atoms. The molecule has 2 N–H and O–H groups in total. The molecule has 0 aliphatic carbocycles. The molecule has 1 aliphatic rings. The van der Waals surface area contributed by atoms with Crippen LogP contribution in [0.25, 0.3) is 0 Å². The average molecular weight is 312 g/mol. The number of benzene rings is 1. The number of aliphatic hydroxyl groups excluding tert-OH is 1. The zero-order valence-corrected chi connectivity index (χ0v) is 13.2. The van der Waals surface area contributed by atoms with E-state index in [0.717, 1.165) is 18.4 Å². The predicted molar refractivity (Wildman–Crippen MR) is 83.0 cm³/mol. The Morgan fingerprint density at radius 3 is 2.76 bits per heavy atom. The first-order valence-corrected chi connectivity index (χ1v) is 8.88. The van der Waals surface area contributed by atoms with Gasteiger partial charge in [-0.2, -0.15) is 17.4 Å². The van der Waals surface area contributed by atoms with Gasteiger partial charge in [0.05, 0.1) is 6.10 Å². The summed E-state index contributed by atoms with van der Waals surface area (Å²) >= 11 is 0. The summed E-state index contributed by atoms with van der Waals surface area (Å²) in [6, 6.07) is 9.56. The van der Waals surface area contributed by atoms with Gasteiger partial charge in [-0.15, -0.1) is 0 Å². The molecule has 1 fully saturated rings. The third kappa shape index (κ3) is 5.07. The molecule has 0 radical (unpaired) electrons. The third-order valence-corrected chi connectivity index (χ3v) is 5.32. The van der Waals surface area contributed by atoms with Crippen molar-refractivity contribution in [1.29, 1.82) is 0 Å². The first kappa shape index (κ1) is 16.4. The molecular weight excluding hydrogens is 288 g/mol. The van der Waals surface area contributed by atoms with Crippen LogP contribution in [-0.4, -0.2) is 43.6 Å². The number of rotatable bonds is 6. The second kappa shape index (κ2) is 7.35. The Balaban J connectivity index is 1.83. The van der Waals surface area contributed by atoms with Crippen molar-refractivity contribution >= 4 is 10.2 Å². The quantitative estimate of drug-likeness (QED) is 0.828. The van der Waals surface area contributed by atoms with Crippen LogP contribution in [0.15, 0.2) is 30.3 Å². The highest BCUT2D eigenvalue weighted by Gasteiger charge is 2.27. The summed E-state index contributed by atoms with van der Waals surface area (Å²) in [5, 5.41) is 9.97. The number of hydrogen-bond donors (Lipinski definition) is 2. The van der Waals surface area contributed by atoms with Crippen LogP contribution in [0.2, 0.25) is 0 Å². The van der Waals surface area contributed by atoms with Crippen LogP contribution in [0, 0.1) is 5.92 Å². The van der Waals surface area contributed by atoms with Crippen LogP contribution in [0.1, 0.15) is 25.3 Å². The summed E-state index contributed by atoms with van der Waals surface area (Å²) in [7, 11) is -3.48. The van der Waals surface area contributed by atoms with Gasteiger partial charge < -0.3 is 5.11 Å². The summed E-state index contributed by atoms with van der Waals surface area (Å²) in [5.74, 6) is 0.393. The molecule has 0 spiro atoms. The Bertz CT molecular complexity index is 533. The number of nitrogens with zero attached hydrogens (tertiary/aromatic N) is 1. The van der Waals surface area contributed by atoms with Gasteiger partial charge in [0.25, 0.3) is 10.2 Å². The van der Waals surface area contributed by atoms with E-state index in [-0.39, 0.29) is 6.54 Å². The molecule has 0 aromatic heterocycles. The van der Waals surface area contributed by atoms with E-state index in [0.29, 0.717) is 25.4 Å². The Morgan fingerprint density at radius 2 is 2.10 bits per heavy atom. The maximum absolute atomic E-state index is 12.2. The van der Waals surface area contributed by atoms with E-state index in [1.807, 2.05) is 30.3 Å². The van der Waals surface area contributed by atoms with Crippen LogP contribution >= 0.6 is 0 Å². The van der Waals surface area contributed by atoms with Crippen molar-refractivity contribution in [3.05, 3.63) is 35.9 Å². The van der Waals surface area contributed by atoms with Gasteiger partial charge in [-0.25, -0.2) is 0 Å². The number of piperidine rings is 1. The Hall–Kier alpha value is -0.950. The van der Waals surface area contributed by atoms with E-state index in [1.54, 1.807) is 0 Å². The van der Waals surface area contributed by atoms with Crippen molar-refractivity contribution < 1.29 is 13.5 Å². The Kier molecular flexibility index (Phi) is 5.75. The highest BCUT2D eigenvalue weighted by molar-refractivity contribution is 7.87. The van der Waals surface area contributed by atoms with Crippen molar-refractivity contribution in [2.45, 2.75) is 32.3 Å². The van der Waals surface area contributed by atoms with Gasteiger partial charge in [-0.1, -0.05) is 37.3 Å². The van der Waals surface area contributed by atoms with E-state index in [2.05, 4.69) is 11.6 Å². The Labute approximate surface area is 127 Å². The molecule has 5 nitrogen and oxygen atoms in total. The summed E-state index contributed by atoms with van der Waals surface area (Å²) < 4.78 is 28.4. The van der Waals surface area contributed by atoms with Crippen molar-refractivity contribution in [2.24, 2.45) is 5.92 Å². The van der Waals surface area contributed by atoms with E-state index >= 15 is 0 Å². The summed E-state index contributed by atoms with van der Waals surface area (Å²) in [4.78, 5) is 0. The summed E-state index contributed by atoms with van der Waals surface area (Å²) in [6.45, 7) is 3.23. The zero-order chi connectivity index (χ0) is 15.3. The smallest absolute Gasteiger partial charge is 0.279 e. The predicted octanol–water partition coefficient (Wildman–Crippen LogP) is 1.16. The molecule has 0 amide bonds. The lowest BCUT2D eigenvalue weighted by Gasteiger charge is -2.30. The van der Waals surface area contributed by atoms with Crippen LogP contribution < -0.4 is 4.72 Å². The molecule has 0 unspecified atom stereocenters. The number of hydrogen-bond acceptors (Lipinski definition) is 3. The highest BCUT2D eigenvalue weighted by atomic mass is 32.2. The van der Waals surface area contributed by atoms with Gasteiger partial charge in [0.15, 0.2) is 0 Å². The van der Waals surface area contributed by atoms with Crippen LogP contribution in [0.5, 0.6) is 0 Å². The lowest BCUT2D eigenvalue weighted by Crippen LogP contribution is -2.47. The average Bonchev–Trinajstić information content (AvgIpc) is 2.46. The van der Waals surface area contributed by atoms with Gasteiger partial charge >= 0.3 is 0 Å². The lowest BCUT2D eigenvalue weighted by atomic mass is 10.0. The van der Waals surface area contributed by atoms with E-state index in [9.17, 15) is 13.5 Å². The van der Waals surface area contributed by atoms with Crippen molar-refractivity contribution in [1.82, 2.24) is 9.03 Å². The normalized spacial score (nSPS) is 22.1. The fraction of sp³-hybridized carbons (Fsp3) is 0.600. The molecule has 118 valence electrons. The molecule has 0 saturated carbocycles. The molecule has 1 aromatic carbocycles. The van der Waals surface area contributed by atoms with Crippen molar-refractivity contribution in [3.8, 4) is 0 Å². The summed E-state index contributed by atoms with van der Waals surface area (Å²) in [5.41, 5.74) is 0.996. The van der Waals surface area contributed by atoms with Crippen LogP contribution in [0.3, 0.4) is 0 Å². The van der Waals surface area contributed by atoms with Gasteiger partial charge in [-0.05, 0) is 30.7 Å². The molecular formula is C15H24N2O3S. The van der Waals surface area contributed by atoms with E-state index in [1.165, 1.54) is 4.31 Å². The minimum atomic E-state index is -3.48. The minimum Gasteiger partial charge on any atom is -0.391 e. The molecule has 2 atom stereocenters. The fourth-order valence-corrected chi connectivity index (χ4v) is 4.02. The molecule has 6 heteroatoms. The highest BCUT2D eigenvalue weighted by Crippen LogP contribution is 2.17. The molecule has 1 heterocycles. The van der Waals surface area contributed by atoms with Gasteiger partial charge in [-0.3, -0.25) is 0 Å². The molecule has 0 bridgehead atoms. The van der Waals surface area contributed by atoms with E-state index < -0.39 is 16.3 Å². The van der Waals surface area contributed by atoms with Crippen LogP contribution in [-0.2, 0) is 16.6 Å². The van der Waals surface area contributed by atoms with Gasteiger partial charge in [0.1, 0.15) is 0 Å². The van der Waals surface area contributed by atoms with Gasteiger partial charge in [0.2, 0.25) is 0 Å². The second-order valence-corrected chi connectivity index (χ2v) is 7.56. The largest absolute Gasteiger partial charge is 0.391 e. The van der Waals surface area contributed by atoms with Gasteiger partial charge in [0, 0.05) is 19.6 Å². The third-order valence-electron chi connectivity index (χ3n) is 3.78. The standard InChI is InChI=1S/C15H24N2O3S/c1-13-6-5-9-17(12-13)21(19,20)16-11-15(18)10-14-7-3-2-4-8-14/h2-4,7-8,13,15-16,18H,5-6,9-12H2,1H3/t13-,15-/m0/s1. The monoisotopic (exact) mass is 312 g/mol. The number of nitrogens with one attached hydrogen (secondary N) is 1. The second-order valence-electron chi connectivity index (χ2n) is 5.80. The molecule has 2 rings (SSSR count). The maximum Gasteiger partial charge on any atom is 0.279 e. The molecule has 1 aliphatic heterocycles. The Morgan fingerprint density at radius 1 is 1.38 bits per heavy atom. The zero-order valence-electron chi connectivity index (χ0n) is 12.4. The first-order chi connectivity index (χ1) is 9.97. The van der Waals surface area contributed by atoms with Crippen molar-refractivity contribution in [2.75, 3.05) is 19.6 Å². The first-order valence-electron chi connectivity index (χ1n) is 7.44. The number of aliphatic hydroxyl groups is 1. The fourth-order valence-electron chi connectivity index (χ4n) is 2.62. The van der Waals surface area contributed by atoms with Crippen LogP contribution in [0.4, 0.5) is 0 Å². The van der Waals surface area contributed by atoms with Crippen molar-refractivity contribution in [3.63, 3.8) is 0 Å². The minimum absolute atomic E-state index is 0.0438. The SMILES string of the molecule is C[C@H]1CCCN(S(=O)(=O)NC[C@@H](O)Cc2ccccc2)C1. The summed E-state index contributed by atoms with van der Waals surface area (Å²) in [6.07, 6.45) is 1.70. The maximum atomic E-state index is 12.2. The molecule has 1 saturated heterocycles. The molecule has 1 aromatic rings. The van der Waals surface area contributed by atoms with E-state index in [4.69, 9.17) is 0 Å².